The van der Waals surface area contributed by atoms with E-state index in [1.54, 1.807) is 7.11 Å². The zero-order chi connectivity index (χ0) is 17.6. The molecule has 0 saturated carbocycles. The van der Waals surface area contributed by atoms with Crippen molar-refractivity contribution in [1.82, 2.24) is 4.72 Å². The van der Waals surface area contributed by atoms with Crippen molar-refractivity contribution in [3.05, 3.63) is 59.9 Å². The molecule has 0 aliphatic heterocycles. The van der Waals surface area contributed by atoms with Gasteiger partial charge in [-0.25, -0.2) is 4.39 Å². The summed E-state index contributed by atoms with van der Waals surface area (Å²) in [5, 5.41) is 0. The molecule has 0 unspecified atom stereocenters. The van der Waals surface area contributed by atoms with Crippen molar-refractivity contribution in [3.8, 4) is 5.75 Å². The van der Waals surface area contributed by atoms with E-state index < -0.39 is 20.7 Å². The van der Waals surface area contributed by atoms with Gasteiger partial charge >= 0.3 is 16.0 Å². The van der Waals surface area contributed by atoms with Crippen LogP contribution < -0.4 is 20.2 Å². The molecule has 6 nitrogen and oxygen atoms in total. The van der Waals surface area contributed by atoms with Crippen LogP contribution in [-0.4, -0.2) is 28.0 Å². The van der Waals surface area contributed by atoms with E-state index in [0.29, 0.717) is 13.0 Å². The Hall–Kier alpha value is -2.61. The normalized spacial score (nSPS) is 12.0. The number of sulfonamides is 1. The van der Waals surface area contributed by atoms with E-state index in [4.69, 9.17) is 10.5 Å². The van der Waals surface area contributed by atoms with Crippen LogP contribution in [0, 0.1) is 5.82 Å². The fourth-order valence-corrected chi connectivity index (χ4v) is 3.19. The molecule has 128 valence electrons. The number of para-hydroxylation sites is 1. The van der Waals surface area contributed by atoms with Crippen LogP contribution in [0.1, 0.15) is 5.56 Å². The molecule has 0 fully saturated rings. The highest BCUT2D eigenvalue weighted by atomic mass is 32.2. The first kappa shape index (κ1) is 17.7. The second-order valence-corrected chi connectivity index (χ2v) is 6.59. The van der Waals surface area contributed by atoms with Gasteiger partial charge in [-0.2, -0.15) is 13.1 Å². The van der Waals surface area contributed by atoms with Gasteiger partial charge in [0.1, 0.15) is 16.5 Å². The predicted octanol–water partition coefficient (Wildman–Crippen LogP) is -0.249. The van der Waals surface area contributed by atoms with Gasteiger partial charge in [0, 0.05) is 6.42 Å². The number of halogens is 1. The quantitative estimate of drug-likeness (QED) is 0.494. The molecular formula is C16H19FN3O3S+. The molecule has 8 heteroatoms. The van der Waals surface area contributed by atoms with Crippen molar-refractivity contribution >= 4 is 16.0 Å². The SMILES string of the molecule is COc1ccccc1CC[NH+]=C(N)NS(=O)(=O)c1ccccc1F. The highest BCUT2D eigenvalue weighted by Gasteiger charge is 2.22. The van der Waals surface area contributed by atoms with Crippen LogP contribution in [0.4, 0.5) is 4.39 Å². The Morgan fingerprint density at radius 3 is 2.58 bits per heavy atom. The molecule has 24 heavy (non-hydrogen) atoms. The van der Waals surface area contributed by atoms with E-state index in [-0.39, 0.29) is 5.96 Å². The van der Waals surface area contributed by atoms with Gasteiger partial charge in [0.2, 0.25) is 0 Å². The Morgan fingerprint density at radius 1 is 1.21 bits per heavy atom. The number of ether oxygens (including phenoxy) is 1. The highest BCUT2D eigenvalue weighted by Crippen LogP contribution is 2.16. The van der Waals surface area contributed by atoms with Crippen LogP contribution in [-0.2, 0) is 16.4 Å². The molecule has 2 aromatic carbocycles. The minimum atomic E-state index is -4.07. The summed E-state index contributed by atoms with van der Waals surface area (Å²) in [6.07, 6.45) is 0.576. The van der Waals surface area contributed by atoms with Crippen LogP contribution in [0.5, 0.6) is 5.75 Å². The lowest BCUT2D eigenvalue weighted by Gasteiger charge is -2.06. The molecule has 2 rings (SSSR count). The minimum Gasteiger partial charge on any atom is -0.496 e. The fourth-order valence-electron chi connectivity index (χ4n) is 2.14. The van der Waals surface area contributed by atoms with Crippen molar-refractivity contribution in [2.75, 3.05) is 13.7 Å². The average Bonchev–Trinajstić information content (AvgIpc) is 2.55. The smallest absolute Gasteiger partial charge is 0.356 e. The van der Waals surface area contributed by atoms with Gasteiger partial charge < -0.3 is 4.74 Å². The molecule has 0 bridgehead atoms. The summed E-state index contributed by atoms with van der Waals surface area (Å²) < 4.78 is 45.1. The van der Waals surface area contributed by atoms with E-state index in [0.717, 1.165) is 17.4 Å². The first-order valence-corrected chi connectivity index (χ1v) is 8.68. The van der Waals surface area contributed by atoms with Gasteiger partial charge in [-0.3, -0.25) is 10.7 Å². The molecule has 0 aromatic heterocycles. The number of hydrogen-bond donors (Lipinski definition) is 3. The maximum Gasteiger partial charge on any atom is 0.356 e. The standard InChI is InChI=1S/C16H18FN3O3S/c1-23-14-8-4-2-6-12(14)10-11-19-16(18)20-24(21,22)15-9-5-3-7-13(15)17/h2-9H,10-11H2,1H3,(H3,18,19,20)/p+1. The maximum absolute atomic E-state index is 13.6. The first-order chi connectivity index (χ1) is 11.4. The highest BCUT2D eigenvalue weighted by molar-refractivity contribution is 7.90. The summed E-state index contributed by atoms with van der Waals surface area (Å²) in [7, 11) is -2.49. The van der Waals surface area contributed by atoms with Gasteiger partial charge in [-0.1, -0.05) is 30.3 Å². The van der Waals surface area contributed by atoms with E-state index in [9.17, 15) is 12.8 Å². The van der Waals surface area contributed by atoms with Crippen LogP contribution in [0.2, 0.25) is 0 Å². The third kappa shape index (κ3) is 4.45. The van der Waals surface area contributed by atoms with Crippen molar-refractivity contribution in [2.45, 2.75) is 11.3 Å². The molecule has 0 heterocycles. The van der Waals surface area contributed by atoms with Crippen LogP contribution >= 0.6 is 0 Å². The lowest BCUT2D eigenvalue weighted by Crippen LogP contribution is -2.79. The first-order valence-electron chi connectivity index (χ1n) is 7.19. The summed E-state index contributed by atoms with van der Waals surface area (Å²) in [6.45, 7) is 0.381. The number of hydrogen-bond acceptors (Lipinski definition) is 3. The van der Waals surface area contributed by atoms with E-state index in [2.05, 4.69) is 9.71 Å². The lowest BCUT2D eigenvalue weighted by atomic mass is 10.1. The van der Waals surface area contributed by atoms with E-state index >= 15 is 0 Å². The maximum atomic E-state index is 13.6. The zero-order valence-electron chi connectivity index (χ0n) is 13.1. The number of methoxy groups -OCH3 is 1. The fraction of sp³-hybridized carbons (Fsp3) is 0.188. The van der Waals surface area contributed by atoms with Crippen LogP contribution in [0.3, 0.4) is 0 Å². The topological polar surface area (TPSA) is 95.4 Å². The molecule has 0 aliphatic carbocycles. The number of guanidine groups is 1. The summed E-state index contributed by atoms with van der Waals surface area (Å²) in [6, 6.07) is 12.6. The summed E-state index contributed by atoms with van der Waals surface area (Å²) in [5.74, 6) is -0.273. The Bertz CT molecular complexity index is 838. The van der Waals surface area contributed by atoms with Crippen LogP contribution in [0.15, 0.2) is 53.4 Å². The number of nitrogens with two attached hydrogens (primary N) is 1. The second-order valence-electron chi connectivity index (χ2n) is 4.94. The molecule has 0 radical (unpaired) electrons. The average molecular weight is 352 g/mol. The van der Waals surface area contributed by atoms with Gasteiger partial charge in [0.05, 0.1) is 13.7 Å². The predicted molar refractivity (Wildman–Crippen MR) is 88.4 cm³/mol. The van der Waals surface area contributed by atoms with Crippen LogP contribution in [0.25, 0.3) is 0 Å². The molecular weight excluding hydrogens is 333 g/mol. The third-order valence-corrected chi connectivity index (χ3v) is 4.67. The molecule has 2 aromatic rings. The summed E-state index contributed by atoms with van der Waals surface area (Å²) in [5.41, 5.74) is 6.60. The largest absolute Gasteiger partial charge is 0.496 e. The third-order valence-electron chi connectivity index (χ3n) is 3.27. The van der Waals surface area contributed by atoms with Gasteiger partial charge in [0.15, 0.2) is 0 Å². The van der Waals surface area contributed by atoms with E-state index in [1.165, 1.54) is 18.2 Å². The van der Waals surface area contributed by atoms with Gasteiger partial charge in [-0.15, -0.1) is 0 Å². The second kappa shape index (κ2) is 7.78. The Balaban J connectivity index is 2.03. The van der Waals surface area contributed by atoms with Gasteiger partial charge in [0.25, 0.3) is 0 Å². The molecule has 0 saturated heterocycles. The van der Waals surface area contributed by atoms with Crippen molar-refractivity contribution < 1.29 is 22.5 Å². The molecule has 4 N–H and O–H groups in total. The minimum absolute atomic E-state index is 0.173. The Morgan fingerprint density at radius 2 is 1.88 bits per heavy atom. The number of benzene rings is 2. The summed E-state index contributed by atoms with van der Waals surface area (Å²) >= 11 is 0. The molecule has 0 spiro atoms. The van der Waals surface area contributed by atoms with E-state index in [1.807, 2.05) is 24.3 Å². The number of nitrogens with one attached hydrogen (secondary N) is 2. The number of rotatable bonds is 6. The molecule has 0 amide bonds. The monoisotopic (exact) mass is 352 g/mol. The Kier molecular flexibility index (Phi) is 5.75. The molecule has 0 atom stereocenters. The lowest BCUT2D eigenvalue weighted by molar-refractivity contribution is -0.459. The van der Waals surface area contributed by atoms with Crippen molar-refractivity contribution in [1.29, 1.82) is 0 Å². The van der Waals surface area contributed by atoms with Gasteiger partial charge in [-0.05, 0) is 23.8 Å². The van der Waals surface area contributed by atoms with Crippen molar-refractivity contribution in [3.63, 3.8) is 0 Å². The zero-order valence-corrected chi connectivity index (χ0v) is 13.9. The van der Waals surface area contributed by atoms with Crippen molar-refractivity contribution in [2.24, 2.45) is 5.73 Å². The molecule has 0 aliphatic rings. The summed E-state index contributed by atoms with van der Waals surface area (Å²) in [4.78, 5) is 2.30. The Labute approximate surface area is 140 Å².